The number of nitrogens with one attached hydrogen (secondary N) is 1. The van der Waals surface area contributed by atoms with E-state index in [9.17, 15) is 13.2 Å². The SMILES string of the molecule is Cc1cc(S(N)(=O)=O)cc(C(=O)NCC2CC2C)c1C. The highest BCUT2D eigenvalue weighted by molar-refractivity contribution is 7.89. The van der Waals surface area contributed by atoms with Crippen molar-refractivity contribution in [3.05, 3.63) is 28.8 Å². The number of amides is 1. The normalized spacial score (nSPS) is 21.6. The lowest BCUT2D eigenvalue weighted by molar-refractivity contribution is 0.0950. The average molecular weight is 296 g/mol. The van der Waals surface area contributed by atoms with E-state index in [0.29, 0.717) is 23.9 Å². The fourth-order valence-electron chi connectivity index (χ4n) is 2.23. The van der Waals surface area contributed by atoms with Gasteiger partial charge in [0.25, 0.3) is 5.91 Å². The van der Waals surface area contributed by atoms with Gasteiger partial charge in [0, 0.05) is 12.1 Å². The minimum absolute atomic E-state index is 0.0226. The maximum atomic E-state index is 12.2. The van der Waals surface area contributed by atoms with E-state index in [0.717, 1.165) is 17.5 Å². The second-order valence-electron chi connectivity index (χ2n) is 5.64. The summed E-state index contributed by atoms with van der Waals surface area (Å²) in [7, 11) is -3.81. The van der Waals surface area contributed by atoms with E-state index in [2.05, 4.69) is 12.2 Å². The topological polar surface area (TPSA) is 89.3 Å². The third-order valence-electron chi connectivity index (χ3n) is 4.01. The Morgan fingerprint density at radius 1 is 1.40 bits per heavy atom. The molecule has 0 saturated heterocycles. The molecule has 6 heteroatoms. The minimum atomic E-state index is -3.81. The van der Waals surface area contributed by atoms with Crippen molar-refractivity contribution in [3.63, 3.8) is 0 Å². The maximum absolute atomic E-state index is 12.2. The summed E-state index contributed by atoms with van der Waals surface area (Å²) in [5, 5.41) is 8.00. The lowest BCUT2D eigenvalue weighted by Crippen LogP contribution is -2.27. The van der Waals surface area contributed by atoms with Gasteiger partial charge in [-0.3, -0.25) is 4.79 Å². The number of benzene rings is 1. The molecule has 1 aromatic rings. The molecule has 1 amide bonds. The molecule has 0 heterocycles. The van der Waals surface area contributed by atoms with E-state index in [-0.39, 0.29) is 10.8 Å². The molecule has 0 radical (unpaired) electrons. The Morgan fingerprint density at radius 2 is 2.00 bits per heavy atom. The first kappa shape index (κ1) is 15.0. The molecule has 0 aromatic heterocycles. The molecule has 110 valence electrons. The van der Waals surface area contributed by atoms with Crippen LogP contribution in [0.2, 0.25) is 0 Å². The van der Waals surface area contributed by atoms with Crippen molar-refractivity contribution in [2.24, 2.45) is 17.0 Å². The van der Waals surface area contributed by atoms with Crippen molar-refractivity contribution in [3.8, 4) is 0 Å². The predicted octanol–water partition coefficient (Wildman–Crippen LogP) is 1.34. The van der Waals surface area contributed by atoms with Gasteiger partial charge in [-0.1, -0.05) is 6.92 Å². The Bertz CT molecular complexity index is 653. The molecule has 20 heavy (non-hydrogen) atoms. The Labute approximate surface area is 119 Å². The van der Waals surface area contributed by atoms with Crippen LogP contribution in [0.15, 0.2) is 17.0 Å². The third-order valence-corrected chi connectivity index (χ3v) is 4.91. The first-order chi connectivity index (χ1) is 9.20. The summed E-state index contributed by atoms with van der Waals surface area (Å²) < 4.78 is 22.9. The van der Waals surface area contributed by atoms with Crippen LogP contribution in [0.5, 0.6) is 0 Å². The predicted molar refractivity (Wildman–Crippen MR) is 76.9 cm³/mol. The number of carbonyl (C=O) groups is 1. The lowest BCUT2D eigenvalue weighted by Gasteiger charge is -2.11. The summed E-state index contributed by atoms with van der Waals surface area (Å²) >= 11 is 0. The molecule has 2 atom stereocenters. The van der Waals surface area contributed by atoms with Crippen LogP contribution in [0.4, 0.5) is 0 Å². The van der Waals surface area contributed by atoms with Crippen molar-refractivity contribution >= 4 is 15.9 Å². The number of sulfonamides is 1. The highest BCUT2D eigenvalue weighted by atomic mass is 32.2. The second kappa shape index (κ2) is 5.18. The van der Waals surface area contributed by atoms with Gasteiger partial charge in [0.2, 0.25) is 10.0 Å². The first-order valence-corrected chi connectivity index (χ1v) is 8.17. The average Bonchev–Trinajstić information content (AvgIpc) is 3.04. The molecular weight excluding hydrogens is 276 g/mol. The molecule has 1 aromatic carbocycles. The van der Waals surface area contributed by atoms with Crippen LogP contribution in [0.1, 0.15) is 34.8 Å². The van der Waals surface area contributed by atoms with Crippen LogP contribution >= 0.6 is 0 Å². The van der Waals surface area contributed by atoms with Crippen molar-refractivity contribution < 1.29 is 13.2 Å². The van der Waals surface area contributed by atoms with Gasteiger partial charge in [0.1, 0.15) is 0 Å². The van der Waals surface area contributed by atoms with Gasteiger partial charge in [0.15, 0.2) is 0 Å². The Balaban J connectivity index is 2.25. The van der Waals surface area contributed by atoms with E-state index >= 15 is 0 Å². The maximum Gasteiger partial charge on any atom is 0.251 e. The number of rotatable bonds is 4. The summed E-state index contributed by atoms with van der Waals surface area (Å²) in [6, 6.07) is 2.84. The monoisotopic (exact) mass is 296 g/mol. The Morgan fingerprint density at radius 3 is 2.50 bits per heavy atom. The van der Waals surface area contributed by atoms with E-state index in [1.807, 2.05) is 0 Å². The molecule has 1 aliphatic rings. The van der Waals surface area contributed by atoms with Crippen LogP contribution < -0.4 is 10.5 Å². The van der Waals surface area contributed by atoms with Crippen molar-refractivity contribution in [1.82, 2.24) is 5.32 Å². The first-order valence-electron chi connectivity index (χ1n) is 6.62. The molecule has 1 aliphatic carbocycles. The van der Waals surface area contributed by atoms with Gasteiger partial charge >= 0.3 is 0 Å². The van der Waals surface area contributed by atoms with Crippen molar-refractivity contribution in [2.45, 2.75) is 32.1 Å². The second-order valence-corrected chi connectivity index (χ2v) is 7.20. The fourth-order valence-corrected chi connectivity index (χ4v) is 2.85. The van der Waals surface area contributed by atoms with Gasteiger partial charge in [-0.25, -0.2) is 13.6 Å². The molecule has 5 nitrogen and oxygen atoms in total. The molecule has 0 bridgehead atoms. The van der Waals surface area contributed by atoms with Crippen LogP contribution in [0.3, 0.4) is 0 Å². The van der Waals surface area contributed by atoms with E-state index < -0.39 is 10.0 Å². The molecule has 1 saturated carbocycles. The zero-order chi connectivity index (χ0) is 15.1. The lowest BCUT2D eigenvalue weighted by atomic mass is 10.0. The van der Waals surface area contributed by atoms with Crippen LogP contribution in [-0.4, -0.2) is 20.9 Å². The molecule has 0 spiro atoms. The standard InChI is InChI=1S/C14H20N2O3S/c1-8-5-12(20(15,18)19)6-13(10(8)3)14(17)16-7-11-4-9(11)2/h5-6,9,11H,4,7H2,1-3H3,(H,16,17)(H2,15,18,19). The van der Waals surface area contributed by atoms with E-state index in [1.54, 1.807) is 13.8 Å². The van der Waals surface area contributed by atoms with Crippen LogP contribution in [-0.2, 0) is 10.0 Å². The van der Waals surface area contributed by atoms with E-state index in [4.69, 9.17) is 5.14 Å². The summed E-state index contributed by atoms with van der Waals surface area (Å²) in [5.74, 6) is 0.964. The fraction of sp³-hybridized carbons (Fsp3) is 0.500. The number of aryl methyl sites for hydroxylation is 1. The Hall–Kier alpha value is -1.40. The summed E-state index contributed by atoms with van der Waals surface area (Å²) in [5.41, 5.74) is 1.89. The van der Waals surface area contributed by atoms with Gasteiger partial charge in [-0.2, -0.15) is 0 Å². The van der Waals surface area contributed by atoms with Crippen LogP contribution in [0, 0.1) is 25.7 Å². The molecule has 0 aliphatic heterocycles. The summed E-state index contributed by atoms with van der Waals surface area (Å²) in [4.78, 5) is 12.2. The zero-order valence-corrected chi connectivity index (χ0v) is 12.8. The van der Waals surface area contributed by atoms with Gasteiger partial charge in [-0.15, -0.1) is 0 Å². The smallest absolute Gasteiger partial charge is 0.251 e. The highest BCUT2D eigenvalue weighted by Crippen LogP contribution is 2.36. The van der Waals surface area contributed by atoms with Gasteiger partial charge < -0.3 is 5.32 Å². The quantitative estimate of drug-likeness (QED) is 0.878. The number of primary sulfonamides is 1. The molecule has 2 unspecified atom stereocenters. The van der Waals surface area contributed by atoms with E-state index in [1.165, 1.54) is 12.1 Å². The largest absolute Gasteiger partial charge is 0.352 e. The van der Waals surface area contributed by atoms with Gasteiger partial charge in [-0.05, 0) is 55.4 Å². The minimum Gasteiger partial charge on any atom is -0.352 e. The third kappa shape index (κ3) is 3.19. The highest BCUT2D eigenvalue weighted by Gasteiger charge is 2.32. The molecule has 2 rings (SSSR count). The van der Waals surface area contributed by atoms with Crippen molar-refractivity contribution in [1.29, 1.82) is 0 Å². The summed E-state index contributed by atoms with van der Waals surface area (Å²) in [6.45, 7) is 6.35. The molecule has 1 fully saturated rings. The number of hydrogen-bond acceptors (Lipinski definition) is 3. The zero-order valence-electron chi connectivity index (χ0n) is 11.9. The molecular formula is C14H20N2O3S. The number of carbonyl (C=O) groups excluding carboxylic acids is 1. The van der Waals surface area contributed by atoms with Crippen molar-refractivity contribution in [2.75, 3.05) is 6.54 Å². The van der Waals surface area contributed by atoms with Crippen LogP contribution in [0.25, 0.3) is 0 Å². The molecule has 3 N–H and O–H groups in total. The van der Waals surface area contributed by atoms with Gasteiger partial charge in [0.05, 0.1) is 4.90 Å². The number of nitrogens with two attached hydrogens (primary N) is 1. The number of hydrogen-bond donors (Lipinski definition) is 2. The summed E-state index contributed by atoms with van der Waals surface area (Å²) in [6.07, 6.45) is 1.13. The Kier molecular flexibility index (Phi) is 3.88.